The van der Waals surface area contributed by atoms with E-state index in [-0.39, 0.29) is 0 Å². The topological polar surface area (TPSA) is 12.0 Å². The van der Waals surface area contributed by atoms with E-state index in [1.165, 1.54) is 0 Å². The molecule has 1 N–H and O–H groups in total. The maximum atomic E-state index is 3.86. The molecule has 0 bridgehead atoms. The molecule has 0 amide bonds. The van der Waals surface area contributed by atoms with Gasteiger partial charge in [0.05, 0.1) is 0 Å². The molecule has 0 unspecified atom stereocenters. The zero-order valence-electron chi connectivity index (χ0n) is 8.03. The van der Waals surface area contributed by atoms with Crippen molar-refractivity contribution < 1.29 is 0 Å². The number of hydrogen-bond acceptors (Lipinski definition) is 1. The minimum absolute atomic E-state index is 0.986. The summed E-state index contributed by atoms with van der Waals surface area (Å²) in [6, 6.07) is 0. The average molecular weight is 165 g/mol. The van der Waals surface area contributed by atoms with Gasteiger partial charge in [-0.15, -0.1) is 0 Å². The lowest BCUT2D eigenvalue weighted by atomic mass is 10.1. The van der Waals surface area contributed by atoms with Gasteiger partial charge in [0.15, 0.2) is 0 Å². The molecule has 0 radical (unpaired) electrons. The van der Waals surface area contributed by atoms with Crippen molar-refractivity contribution in [2.45, 2.75) is 26.2 Å². The molecule has 0 aliphatic rings. The van der Waals surface area contributed by atoms with E-state index in [0.717, 1.165) is 37.1 Å². The highest BCUT2D eigenvalue weighted by atomic mass is 14.9. The van der Waals surface area contributed by atoms with E-state index in [1.54, 1.807) is 0 Å². The first-order valence-corrected chi connectivity index (χ1v) is 4.42. The van der Waals surface area contributed by atoms with Crippen LogP contribution in [0, 0.1) is 0 Å². The van der Waals surface area contributed by atoms with Crippen LogP contribution in [0.5, 0.6) is 0 Å². The summed E-state index contributed by atoms with van der Waals surface area (Å²) in [4.78, 5) is 0. The second-order valence-electron chi connectivity index (χ2n) is 2.85. The van der Waals surface area contributed by atoms with Crippen LogP contribution < -0.4 is 5.32 Å². The summed E-state index contributed by atoms with van der Waals surface area (Å²) in [6.07, 6.45) is 4.94. The third kappa shape index (κ3) is 5.78. The van der Waals surface area contributed by atoms with Gasteiger partial charge in [-0.25, -0.2) is 0 Å². The molecule has 12 heavy (non-hydrogen) atoms. The summed E-state index contributed by atoms with van der Waals surface area (Å²) < 4.78 is 0. The van der Waals surface area contributed by atoms with Gasteiger partial charge in [-0.3, -0.25) is 0 Å². The summed E-state index contributed by atoms with van der Waals surface area (Å²) in [6.45, 7) is 14.4. The van der Waals surface area contributed by atoms with Crippen LogP contribution in [-0.4, -0.2) is 6.54 Å². The lowest BCUT2D eigenvalue weighted by Crippen LogP contribution is -2.13. The minimum atomic E-state index is 0.986. The summed E-state index contributed by atoms with van der Waals surface area (Å²) in [5, 5.41) is 3.24. The van der Waals surface area contributed by atoms with E-state index in [2.05, 4.69) is 32.0 Å². The van der Waals surface area contributed by atoms with Gasteiger partial charge in [0.25, 0.3) is 0 Å². The Morgan fingerprint density at radius 1 is 1.42 bits per heavy atom. The van der Waals surface area contributed by atoms with E-state index in [4.69, 9.17) is 0 Å². The highest BCUT2D eigenvalue weighted by Crippen LogP contribution is 2.02. The third-order valence-corrected chi connectivity index (χ3v) is 1.77. The van der Waals surface area contributed by atoms with Crippen LogP contribution in [0.15, 0.2) is 37.1 Å². The van der Waals surface area contributed by atoms with Crippen molar-refractivity contribution in [2.75, 3.05) is 6.54 Å². The van der Waals surface area contributed by atoms with E-state index in [1.807, 2.05) is 6.08 Å². The lowest BCUT2D eigenvalue weighted by Gasteiger charge is -2.06. The first-order valence-electron chi connectivity index (χ1n) is 4.42. The van der Waals surface area contributed by atoms with E-state index >= 15 is 0 Å². The van der Waals surface area contributed by atoms with E-state index < -0.39 is 0 Å². The third-order valence-electron chi connectivity index (χ3n) is 1.77. The highest BCUT2D eigenvalue weighted by Gasteiger charge is 1.90. The lowest BCUT2D eigenvalue weighted by molar-refractivity contribution is 0.710. The maximum absolute atomic E-state index is 3.86. The number of nitrogens with one attached hydrogen (secondary N) is 1. The van der Waals surface area contributed by atoms with Gasteiger partial charge in [-0.2, -0.15) is 0 Å². The number of hydrogen-bond donors (Lipinski definition) is 1. The van der Waals surface area contributed by atoms with Gasteiger partial charge >= 0.3 is 0 Å². The van der Waals surface area contributed by atoms with Crippen molar-refractivity contribution in [3.8, 4) is 0 Å². The molecule has 0 fully saturated rings. The summed E-state index contributed by atoms with van der Waals surface area (Å²) in [5.74, 6) is 0. The molecule has 0 rings (SSSR count). The van der Waals surface area contributed by atoms with Gasteiger partial charge in [0, 0.05) is 12.2 Å². The molecular formula is C11H19N. The van der Waals surface area contributed by atoms with E-state index in [9.17, 15) is 0 Å². The molecule has 68 valence electrons. The van der Waals surface area contributed by atoms with Crippen LogP contribution in [0.25, 0.3) is 0 Å². The molecule has 0 aliphatic heterocycles. The van der Waals surface area contributed by atoms with E-state index in [0.29, 0.717) is 0 Å². The van der Waals surface area contributed by atoms with Crippen molar-refractivity contribution in [3.63, 3.8) is 0 Å². The standard InChI is InChI=1S/C11H19N/c1-5-10(3)8-7-9-12-11(4)6-2/h5,12H,1,3-4,6-9H2,2H3. The van der Waals surface area contributed by atoms with Crippen LogP contribution in [0.2, 0.25) is 0 Å². The largest absolute Gasteiger partial charge is 0.389 e. The van der Waals surface area contributed by atoms with Gasteiger partial charge in [0.1, 0.15) is 0 Å². The molecular weight excluding hydrogens is 146 g/mol. The Hall–Kier alpha value is -0.980. The molecule has 0 saturated carbocycles. The summed E-state index contributed by atoms with van der Waals surface area (Å²) >= 11 is 0. The van der Waals surface area contributed by atoms with Gasteiger partial charge in [-0.1, -0.05) is 38.3 Å². The SMILES string of the molecule is C=CC(=C)CCCNC(=C)CC. The van der Waals surface area contributed by atoms with Crippen LogP contribution in [0.3, 0.4) is 0 Å². The first kappa shape index (κ1) is 11.0. The molecule has 1 nitrogen and oxygen atoms in total. The van der Waals surface area contributed by atoms with Crippen LogP contribution >= 0.6 is 0 Å². The van der Waals surface area contributed by atoms with Gasteiger partial charge < -0.3 is 5.32 Å². The zero-order chi connectivity index (χ0) is 9.40. The first-order chi connectivity index (χ1) is 5.70. The van der Waals surface area contributed by atoms with Crippen molar-refractivity contribution >= 4 is 0 Å². The fraction of sp³-hybridized carbons (Fsp3) is 0.455. The smallest absolute Gasteiger partial charge is 0.0146 e. The molecule has 0 aromatic carbocycles. The predicted molar refractivity (Wildman–Crippen MR) is 56.0 cm³/mol. The number of allylic oxidation sites excluding steroid dienone is 3. The second kappa shape index (κ2) is 6.71. The normalized spacial score (nSPS) is 9.08. The van der Waals surface area contributed by atoms with Crippen molar-refractivity contribution in [3.05, 3.63) is 37.1 Å². The Morgan fingerprint density at radius 3 is 2.58 bits per heavy atom. The van der Waals surface area contributed by atoms with Gasteiger partial charge in [0.2, 0.25) is 0 Å². The van der Waals surface area contributed by atoms with Crippen LogP contribution in [0.4, 0.5) is 0 Å². The fourth-order valence-electron chi connectivity index (χ4n) is 0.808. The molecule has 0 aromatic rings. The van der Waals surface area contributed by atoms with Crippen molar-refractivity contribution in [1.82, 2.24) is 5.32 Å². The highest BCUT2D eigenvalue weighted by molar-refractivity contribution is 5.10. The second-order valence-corrected chi connectivity index (χ2v) is 2.85. The Bertz CT molecular complexity index is 168. The molecule has 0 saturated heterocycles. The van der Waals surface area contributed by atoms with Crippen molar-refractivity contribution in [2.24, 2.45) is 0 Å². The monoisotopic (exact) mass is 165 g/mol. The predicted octanol–water partition coefficient (Wildman–Crippen LogP) is 3.02. The zero-order valence-corrected chi connectivity index (χ0v) is 8.03. The number of rotatable bonds is 7. The van der Waals surface area contributed by atoms with Gasteiger partial charge in [-0.05, 0) is 19.3 Å². The average Bonchev–Trinajstić information content (AvgIpc) is 2.11. The molecule has 0 spiro atoms. The molecule has 1 heteroatoms. The summed E-state index contributed by atoms with van der Waals surface area (Å²) in [5.41, 5.74) is 2.22. The summed E-state index contributed by atoms with van der Waals surface area (Å²) in [7, 11) is 0. The Labute approximate surface area is 75.9 Å². The molecule has 0 atom stereocenters. The Balaban J connectivity index is 3.27. The van der Waals surface area contributed by atoms with Crippen molar-refractivity contribution in [1.29, 1.82) is 0 Å². The Kier molecular flexibility index (Phi) is 6.16. The maximum Gasteiger partial charge on any atom is 0.0146 e. The molecule has 0 heterocycles. The fourth-order valence-corrected chi connectivity index (χ4v) is 0.808. The van der Waals surface area contributed by atoms with Crippen LogP contribution in [0.1, 0.15) is 26.2 Å². The molecule has 0 aromatic heterocycles. The van der Waals surface area contributed by atoms with Crippen LogP contribution in [-0.2, 0) is 0 Å². The Morgan fingerprint density at radius 2 is 2.08 bits per heavy atom. The quantitative estimate of drug-likeness (QED) is 0.451. The molecule has 0 aliphatic carbocycles. The minimum Gasteiger partial charge on any atom is -0.389 e.